The van der Waals surface area contributed by atoms with E-state index in [2.05, 4.69) is 42.2 Å². The SMILES string of the molecule is Cc1sc(CNCC(C)C)cc1COc1ncn(C)n1. The van der Waals surface area contributed by atoms with E-state index >= 15 is 0 Å². The summed E-state index contributed by atoms with van der Waals surface area (Å²) in [5.41, 5.74) is 1.21. The van der Waals surface area contributed by atoms with E-state index in [-0.39, 0.29) is 0 Å². The molecule has 0 aliphatic carbocycles. The van der Waals surface area contributed by atoms with Gasteiger partial charge in [-0.3, -0.25) is 4.68 Å². The van der Waals surface area contributed by atoms with Crippen LogP contribution in [-0.4, -0.2) is 21.3 Å². The summed E-state index contributed by atoms with van der Waals surface area (Å²) in [4.78, 5) is 6.69. The van der Waals surface area contributed by atoms with Crippen molar-refractivity contribution in [3.63, 3.8) is 0 Å². The third-order valence-corrected chi connectivity index (χ3v) is 3.95. The highest BCUT2D eigenvalue weighted by Crippen LogP contribution is 2.22. The highest BCUT2D eigenvalue weighted by atomic mass is 32.1. The van der Waals surface area contributed by atoms with Gasteiger partial charge in [0, 0.05) is 28.9 Å². The zero-order chi connectivity index (χ0) is 14.5. The Hall–Kier alpha value is -1.40. The summed E-state index contributed by atoms with van der Waals surface area (Å²) in [5, 5.41) is 7.57. The lowest BCUT2D eigenvalue weighted by molar-refractivity contribution is 0.280. The van der Waals surface area contributed by atoms with Crippen molar-refractivity contribution in [2.75, 3.05) is 6.54 Å². The Morgan fingerprint density at radius 3 is 2.90 bits per heavy atom. The predicted octanol–water partition coefficient (Wildman–Crippen LogP) is 2.51. The molecule has 0 aliphatic rings. The molecule has 2 heterocycles. The van der Waals surface area contributed by atoms with E-state index in [1.54, 1.807) is 11.0 Å². The van der Waals surface area contributed by atoms with Crippen LogP contribution in [0.5, 0.6) is 6.01 Å². The molecule has 0 amide bonds. The van der Waals surface area contributed by atoms with Crippen LogP contribution >= 0.6 is 11.3 Å². The smallest absolute Gasteiger partial charge is 0.335 e. The van der Waals surface area contributed by atoms with E-state index < -0.39 is 0 Å². The van der Waals surface area contributed by atoms with Crippen LogP contribution in [0.3, 0.4) is 0 Å². The molecule has 6 heteroatoms. The molecule has 0 fully saturated rings. The van der Waals surface area contributed by atoms with Crippen LogP contribution < -0.4 is 10.1 Å². The Labute approximate surface area is 124 Å². The zero-order valence-electron chi connectivity index (χ0n) is 12.5. The fraction of sp³-hybridized carbons (Fsp3) is 0.571. The van der Waals surface area contributed by atoms with Crippen LogP contribution in [0.15, 0.2) is 12.4 Å². The fourth-order valence-corrected chi connectivity index (χ4v) is 2.85. The standard InChI is InChI=1S/C14H22N4OS/c1-10(2)6-15-7-13-5-12(11(3)20-13)8-19-14-16-9-18(4)17-14/h5,9-10,15H,6-8H2,1-4H3. The number of nitrogens with zero attached hydrogens (tertiary/aromatic N) is 3. The number of aromatic nitrogens is 3. The van der Waals surface area contributed by atoms with Crippen LogP contribution in [0.25, 0.3) is 0 Å². The molecule has 2 aromatic rings. The molecular weight excluding hydrogens is 272 g/mol. The number of nitrogens with one attached hydrogen (secondary N) is 1. The van der Waals surface area contributed by atoms with Crippen LogP contribution in [0.4, 0.5) is 0 Å². The number of ether oxygens (including phenoxy) is 1. The molecule has 1 N–H and O–H groups in total. The number of hydrogen-bond donors (Lipinski definition) is 1. The summed E-state index contributed by atoms with van der Waals surface area (Å²) in [5.74, 6) is 0.675. The maximum Gasteiger partial charge on any atom is 0.335 e. The lowest BCUT2D eigenvalue weighted by Gasteiger charge is -2.05. The minimum absolute atomic E-state index is 0.428. The minimum atomic E-state index is 0.428. The zero-order valence-corrected chi connectivity index (χ0v) is 13.3. The summed E-state index contributed by atoms with van der Waals surface area (Å²) >= 11 is 1.82. The van der Waals surface area contributed by atoms with Crippen LogP contribution in [0.2, 0.25) is 0 Å². The Balaban J connectivity index is 1.87. The molecule has 2 rings (SSSR count). The van der Waals surface area contributed by atoms with Crippen LogP contribution in [0, 0.1) is 12.8 Å². The molecular formula is C14H22N4OS. The summed E-state index contributed by atoms with van der Waals surface area (Å²) in [6, 6.07) is 2.63. The van der Waals surface area contributed by atoms with Gasteiger partial charge in [0.05, 0.1) is 0 Å². The van der Waals surface area contributed by atoms with E-state index in [0.29, 0.717) is 18.5 Å². The van der Waals surface area contributed by atoms with E-state index in [1.807, 2.05) is 18.4 Å². The summed E-state index contributed by atoms with van der Waals surface area (Å²) in [7, 11) is 1.83. The maximum absolute atomic E-state index is 5.59. The first-order valence-corrected chi connectivity index (χ1v) is 7.63. The average molecular weight is 294 g/mol. The third-order valence-electron chi connectivity index (χ3n) is 2.86. The van der Waals surface area contributed by atoms with Gasteiger partial charge in [-0.1, -0.05) is 13.8 Å². The van der Waals surface area contributed by atoms with Crippen molar-refractivity contribution >= 4 is 11.3 Å². The van der Waals surface area contributed by atoms with Crippen molar-refractivity contribution in [2.45, 2.75) is 33.9 Å². The third kappa shape index (κ3) is 4.31. The Morgan fingerprint density at radius 1 is 1.45 bits per heavy atom. The van der Waals surface area contributed by atoms with Crippen molar-refractivity contribution in [1.29, 1.82) is 0 Å². The van der Waals surface area contributed by atoms with Gasteiger partial charge in [0.2, 0.25) is 0 Å². The van der Waals surface area contributed by atoms with Gasteiger partial charge in [-0.15, -0.1) is 16.4 Å². The molecule has 0 unspecified atom stereocenters. The van der Waals surface area contributed by atoms with Gasteiger partial charge >= 0.3 is 6.01 Å². The molecule has 0 spiro atoms. The van der Waals surface area contributed by atoms with Crippen molar-refractivity contribution in [3.8, 4) is 6.01 Å². The second-order valence-electron chi connectivity index (χ2n) is 5.31. The molecule has 110 valence electrons. The Kier molecular flexibility index (Phi) is 5.14. The van der Waals surface area contributed by atoms with E-state index in [1.165, 1.54) is 15.3 Å². The minimum Gasteiger partial charge on any atom is -0.457 e. The first-order valence-electron chi connectivity index (χ1n) is 6.82. The quantitative estimate of drug-likeness (QED) is 0.852. The molecule has 0 aliphatic heterocycles. The van der Waals surface area contributed by atoms with Crippen molar-refractivity contribution in [1.82, 2.24) is 20.1 Å². The highest BCUT2D eigenvalue weighted by Gasteiger charge is 2.08. The van der Waals surface area contributed by atoms with Gasteiger partial charge < -0.3 is 10.1 Å². The molecule has 0 aromatic carbocycles. The highest BCUT2D eigenvalue weighted by molar-refractivity contribution is 7.12. The van der Waals surface area contributed by atoms with Gasteiger partial charge in [-0.2, -0.15) is 4.98 Å². The molecule has 5 nitrogen and oxygen atoms in total. The molecule has 20 heavy (non-hydrogen) atoms. The number of hydrogen-bond acceptors (Lipinski definition) is 5. The average Bonchev–Trinajstić information content (AvgIpc) is 2.93. The van der Waals surface area contributed by atoms with Crippen molar-refractivity contribution < 1.29 is 4.74 Å². The molecule has 0 saturated heterocycles. The van der Waals surface area contributed by atoms with Gasteiger partial charge in [-0.05, 0) is 25.5 Å². The van der Waals surface area contributed by atoms with Crippen molar-refractivity contribution in [3.05, 3.63) is 27.7 Å². The number of rotatable bonds is 7. The number of aryl methyl sites for hydroxylation is 2. The van der Waals surface area contributed by atoms with Crippen LogP contribution in [-0.2, 0) is 20.2 Å². The van der Waals surface area contributed by atoms with E-state index in [0.717, 1.165) is 13.1 Å². The number of thiophene rings is 1. The van der Waals surface area contributed by atoms with Crippen molar-refractivity contribution in [2.24, 2.45) is 13.0 Å². The first kappa shape index (κ1) is 15.0. The predicted molar refractivity (Wildman–Crippen MR) is 80.9 cm³/mol. The van der Waals surface area contributed by atoms with E-state index in [4.69, 9.17) is 4.74 Å². The van der Waals surface area contributed by atoms with Gasteiger partial charge in [0.15, 0.2) is 0 Å². The van der Waals surface area contributed by atoms with Gasteiger partial charge in [0.1, 0.15) is 12.9 Å². The summed E-state index contributed by atoms with van der Waals surface area (Å²) < 4.78 is 7.23. The van der Waals surface area contributed by atoms with Gasteiger partial charge in [0.25, 0.3) is 0 Å². The molecule has 2 aromatic heterocycles. The lowest BCUT2D eigenvalue weighted by atomic mass is 10.2. The largest absolute Gasteiger partial charge is 0.457 e. The molecule has 0 bridgehead atoms. The first-order chi connectivity index (χ1) is 9.54. The summed E-state index contributed by atoms with van der Waals surface area (Å²) in [6.45, 7) is 9.04. The van der Waals surface area contributed by atoms with E-state index in [9.17, 15) is 0 Å². The molecule has 0 atom stereocenters. The maximum atomic E-state index is 5.59. The lowest BCUT2D eigenvalue weighted by Crippen LogP contribution is -2.18. The Morgan fingerprint density at radius 2 is 2.25 bits per heavy atom. The fourth-order valence-electron chi connectivity index (χ4n) is 1.83. The molecule has 0 radical (unpaired) electrons. The van der Waals surface area contributed by atoms with Crippen LogP contribution in [0.1, 0.15) is 29.2 Å². The second-order valence-corrected chi connectivity index (χ2v) is 6.65. The topological polar surface area (TPSA) is 52.0 Å². The van der Waals surface area contributed by atoms with Gasteiger partial charge in [-0.25, -0.2) is 0 Å². The Bertz CT molecular complexity index is 547. The second kappa shape index (κ2) is 6.85. The molecule has 0 saturated carbocycles. The monoisotopic (exact) mass is 294 g/mol. The summed E-state index contributed by atoms with van der Waals surface area (Å²) in [6.07, 6.45) is 1.64. The normalized spacial score (nSPS) is 11.2.